The van der Waals surface area contributed by atoms with Crippen molar-refractivity contribution in [1.82, 2.24) is 10.1 Å². The van der Waals surface area contributed by atoms with Crippen LogP contribution in [-0.2, 0) is 17.5 Å². The number of alkyl halides is 3. The van der Waals surface area contributed by atoms with Gasteiger partial charge in [0.25, 0.3) is 0 Å². The molecule has 0 fully saturated rings. The Kier molecular flexibility index (Phi) is 6.18. The number of hydrogen-bond donors (Lipinski definition) is 1. The van der Waals surface area contributed by atoms with Crippen molar-refractivity contribution in [2.45, 2.75) is 19.1 Å². The van der Waals surface area contributed by atoms with Gasteiger partial charge in [-0.05, 0) is 37.9 Å². The highest BCUT2D eigenvalue weighted by molar-refractivity contribution is 6.17. The van der Waals surface area contributed by atoms with Gasteiger partial charge in [-0.15, -0.1) is 0 Å². The van der Waals surface area contributed by atoms with E-state index in [1.54, 1.807) is 6.07 Å². The van der Waals surface area contributed by atoms with Gasteiger partial charge in [-0.3, -0.25) is 9.79 Å². The van der Waals surface area contributed by atoms with E-state index in [1.165, 1.54) is 25.1 Å². The molecule has 0 aliphatic carbocycles. The van der Waals surface area contributed by atoms with Crippen LogP contribution in [-0.4, -0.2) is 49.9 Å². The number of aliphatic imine (C=N–C) groups is 1. The lowest BCUT2D eigenvalue weighted by Crippen LogP contribution is -2.18. The molecule has 0 atom stereocenters. The average Bonchev–Trinajstić information content (AvgIpc) is 3.13. The minimum absolute atomic E-state index is 0.0256. The maximum Gasteiger partial charge on any atom is 0.418 e. The van der Waals surface area contributed by atoms with Crippen molar-refractivity contribution in [2.75, 3.05) is 38.4 Å². The van der Waals surface area contributed by atoms with Crippen molar-refractivity contribution >= 4 is 28.7 Å². The van der Waals surface area contributed by atoms with Crippen LogP contribution in [0.5, 0.6) is 0 Å². The monoisotopic (exact) mass is 471 g/mol. The maximum absolute atomic E-state index is 13.6. The Morgan fingerprint density at radius 1 is 1.06 bits per heavy atom. The minimum atomic E-state index is -4.57. The van der Waals surface area contributed by atoms with Gasteiger partial charge in [0.1, 0.15) is 0 Å². The number of fused-ring (bicyclic) bond motifs is 1. The zero-order chi connectivity index (χ0) is 24.6. The molecule has 0 saturated heterocycles. The van der Waals surface area contributed by atoms with Crippen LogP contribution in [0.25, 0.3) is 11.3 Å². The average molecular weight is 471 g/mol. The Balaban J connectivity index is 1.76. The summed E-state index contributed by atoms with van der Waals surface area (Å²) in [6.07, 6.45) is -4.66. The molecule has 178 valence electrons. The molecule has 1 aliphatic heterocycles. The lowest BCUT2D eigenvalue weighted by Gasteiger charge is -2.21. The second kappa shape index (κ2) is 8.94. The Morgan fingerprint density at radius 3 is 2.47 bits per heavy atom. The van der Waals surface area contributed by atoms with Crippen molar-refractivity contribution < 1.29 is 22.5 Å². The van der Waals surface area contributed by atoms with E-state index in [0.717, 1.165) is 17.3 Å². The summed E-state index contributed by atoms with van der Waals surface area (Å²) in [5.41, 5.74) is 2.05. The van der Waals surface area contributed by atoms with Crippen LogP contribution in [0.15, 0.2) is 52.0 Å². The van der Waals surface area contributed by atoms with Gasteiger partial charge in [0.05, 0.1) is 40.5 Å². The lowest BCUT2D eigenvalue weighted by molar-refractivity contribution is -0.137. The molecule has 0 spiro atoms. The number of anilines is 2. The fourth-order valence-electron chi connectivity index (χ4n) is 3.76. The number of amides is 1. The van der Waals surface area contributed by atoms with E-state index in [9.17, 15) is 18.0 Å². The first-order chi connectivity index (χ1) is 16.0. The van der Waals surface area contributed by atoms with E-state index in [2.05, 4.69) is 15.5 Å². The van der Waals surface area contributed by atoms with Crippen LogP contribution in [0.3, 0.4) is 0 Å². The van der Waals surface area contributed by atoms with Gasteiger partial charge in [0.15, 0.2) is 5.76 Å². The summed E-state index contributed by atoms with van der Waals surface area (Å²) in [6.45, 7) is 0.626. The van der Waals surface area contributed by atoms with Gasteiger partial charge in [0, 0.05) is 32.3 Å². The molecule has 1 aromatic heterocycles. The molecule has 1 N–H and O–H groups in total. The van der Waals surface area contributed by atoms with Gasteiger partial charge in [-0.25, -0.2) is 0 Å². The summed E-state index contributed by atoms with van der Waals surface area (Å²) in [5.74, 6) is 0.129. The number of nitrogens with zero attached hydrogens (tertiary/aromatic N) is 4. The predicted molar refractivity (Wildman–Crippen MR) is 125 cm³/mol. The SMILES string of the molecule is CN(C)Cc1cc(-c2cccc(C3=Nc4cc(N(C)C)c(C(F)(F)F)cc4NC(=O)C3)c2)on1. The van der Waals surface area contributed by atoms with Crippen molar-refractivity contribution in [3.8, 4) is 11.3 Å². The number of benzene rings is 2. The molecule has 7 nitrogen and oxygen atoms in total. The molecule has 2 aromatic carbocycles. The van der Waals surface area contributed by atoms with E-state index in [1.807, 2.05) is 43.3 Å². The highest BCUT2D eigenvalue weighted by Gasteiger charge is 2.36. The lowest BCUT2D eigenvalue weighted by atomic mass is 10.0. The fourth-order valence-corrected chi connectivity index (χ4v) is 3.76. The standard InChI is InChI=1S/C24H24F3N5O2/c1-31(2)13-16-9-22(34-30-16)15-7-5-6-14(8-15)18-12-23(33)29-19-10-17(24(25,26)27)21(32(3)4)11-20(19)28-18/h5-11H,12-13H2,1-4H3,(H,29,33). The fraction of sp³-hybridized carbons (Fsp3) is 0.292. The molecular formula is C24H24F3N5O2. The first-order valence-electron chi connectivity index (χ1n) is 10.5. The number of nitrogens with one attached hydrogen (secondary N) is 1. The second-order valence-electron chi connectivity index (χ2n) is 8.56. The van der Waals surface area contributed by atoms with Gasteiger partial charge >= 0.3 is 6.18 Å². The smallest absolute Gasteiger partial charge is 0.377 e. The zero-order valence-electron chi connectivity index (χ0n) is 19.2. The predicted octanol–water partition coefficient (Wildman–Crippen LogP) is 4.95. The Morgan fingerprint density at radius 2 is 1.79 bits per heavy atom. The molecule has 4 rings (SSSR count). The van der Waals surface area contributed by atoms with E-state index in [-0.39, 0.29) is 23.5 Å². The summed E-state index contributed by atoms with van der Waals surface area (Å²) in [4.78, 5) is 20.5. The van der Waals surface area contributed by atoms with Crippen molar-refractivity contribution in [2.24, 2.45) is 4.99 Å². The molecule has 0 bridgehead atoms. The van der Waals surface area contributed by atoms with Crippen LogP contribution < -0.4 is 10.2 Å². The van der Waals surface area contributed by atoms with Gasteiger partial charge in [-0.2, -0.15) is 13.2 Å². The van der Waals surface area contributed by atoms with Gasteiger partial charge < -0.3 is 19.6 Å². The molecule has 10 heteroatoms. The molecule has 34 heavy (non-hydrogen) atoms. The molecular weight excluding hydrogens is 447 g/mol. The largest absolute Gasteiger partial charge is 0.418 e. The first-order valence-corrected chi connectivity index (χ1v) is 10.5. The summed E-state index contributed by atoms with van der Waals surface area (Å²) >= 11 is 0. The maximum atomic E-state index is 13.6. The third-order valence-electron chi connectivity index (χ3n) is 5.28. The third kappa shape index (κ3) is 4.96. The van der Waals surface area contributed by atoms with Crippen LogP contribution in [0, 0.1) is 0 Å². The number of hydrogen-bond acceptors (Lipinski definition) is 6. The topological polar surface area (TPSA) is 74.0 Å². The highest BCUT2D eigenvalue weighted by atomic mass is 19.4. The number of carbonyl (C=O) groups is 1. The molecule has 3 aromatic rings. The summed E-state index contributed by atoms with van der Waals surface area (Å²) in [7, 11) is 6.92. The first kappa shape index (κ1) is 23.5. The van der Waals surface area contributed by atoms with Crippen LogP contribution in [0.2, 0.25) is 0 Å². The van der Waals surface area contributed by atoms with Crippen molar-refractivity contribution in [1.29, 1.82) is 0 Å². The van der Waals surface area contributed by atoms with Crippen LogP contribution >= 0.6 is 0 Å². The van der Waals surface area contributed by atoms with Gasteiger partial charge in [0.2, 0.25) is 5.91 Å². The number of halogens is 3. The quantitative estimate of drug-likeness (QED) is 0.570. The summed E-state index contributed by atoms with van der Waals surface area (Å²) < 4.78 is 46.3. The molecule has 1 amide bonds. The van der Waals surface area contributed by atoms with Crippen LogP contribution in [0.1, 0.15) is 23.2 Å². The minimum Gasteiger partial charge on any atom is -0.377 e. The Hall–Kier alpha value is -3.66. The normalized spacial score (nSPS) is 13.9. The highest BCUT2D eigenvalue weighted by Crippen LogP contribution is 2.43. The number of aromatic nitrogens is 1. The third-order valence-corrected chi connectivity index (χ3v) is 5.28. The molecule has 1 aliphatic rings. The van der Waals surface area contributed by atoms with E-state index >= 15 is 0 Å². The Labute approximate surface area is 194 Å². The summed E-state index contributed by atoms with van der Waals surface area (Å²) in [6, 6.07) is 11.4. The molecule has 0 unspecified atom stereocenters. The Bertz CT molecular complexity index is 1260. The van der Waals surface area contributed by atoms with E-state index in [0.29, 0.717) is 23.6 Å². The van der Waals surface area contributed by atoms with Crippen molar-refractivity contribution in [3.63, 3.8) is 0 Å². The number of rotatable bonds is 5. The number of carbonyl (C=O) groups excluding carboxylic acids is 1. The molecule has 0 radical (unpaired) electrons. The molecule has 2 heterocycles. The zero-order valence-corrected chi connectivity index (χ0v) is 19.2. The van der Waals surface area contributed by atoms with Crippen molar-refractivity contribution in [3.05, 3.63) is 59.3 Å². The van der Waals surface area contributed by atoms with Crippen LogP contribution in [0.4, 0.5) is 30.2 Å². The van der Waals surface area contributed by atoms with Gasteiger partial charge in [-0.1, -0.05) is 23.4 Å². The second-order valence-corrected chi connectivity index (χ2v) is 8.56. The molecule has 0 saturated carbocycles. The van der Waals surface area contributed by atoms with E-state index < -0.39 is 17.6 Å². The summed E-state index contributed by atoms with van der Waals surface area (Å²) in [5, 5.41) is 6.64. The van der Waals surface area contributed by atoms with E-state index in [4.69, 9.17) is 4.52 Å².